The zero-order valence-electron chi connectivity index (χ0n) is 16.0. The van der Waals surface area contributed by atoms with Gasteiger partial charge in [-0.2, -0.15) is 0 Å². The number of carbonyl (C=O) groups is 1. The highest BCUT2D eigenvalue weighted by Gasteiger charge is 2.21. The second-order valence-corrected chi connectivity index (χ2v) is 6.68. The van der Waals surface area contributed by atoms with Crippen LogP contribution in [0.5, 0.6) is 0 Å². The first-order valence-electron chi connectivity index (χ1n) is 9.42. The summed E-state index contributed by atoms with van der Waals surface area (Å²) in [5.74, 6) is 0.245. The van der Waals surface area contributed by atoms with E-state index in [1.54, 1.807) is 13.0 Å². The molecule has 0 spiro atoms. The molecular formula is C24H20N2O3. The third-order valence-electron chi connectivity index (χ3n) is 4.57. The second-order valence-electron chi connectivity index (χ2n) is 6.68. The molecule has 0 radical (unpaired) electrons. The molecule has 1 atom stereocenters. The number of benzene rings is 3. The van der Waals surface area contributed by atoms with Crippen LogP contribution in [0.15, 0.2) is 89.3 Å². The van der Waals surface area contributed by atoms with Gasteiger partial charge in [0, 0.05) is 5.56 Å². The molecule has 0 aliphatic rings. The summed E-state index contributed by atoms with van der Waals surface area (Å²) >= 11 is 0. The van der Waals surface area contributed by atoms with Gasteiger partial charge in [-0.1, -0.05) is 66.7 Å². The Bertz CT molecular complexity index is 1090. The molecule has 0 unspecified atom stereocenters. The number of aromatic nitrogens is 2. The van der Waals surface area contributed by atoms with Gasteiger partial charge in [0.05, 0.1) is 5.56 Å². The predicted molar refractivity (Wildman–Crippen MR) is 109 cm³/mol. The molecule has 0 aliphatic heterocycles. The molecule has 5 nitrogen and oxygen atoms in total. The van der Waals surface area contributed by atoms with Gasteiger partial charge < -0.3 is 9.15 Å². The highest BCUT2D eigenvalue weighted by molar-refractivity contribution is 5.91. The highest BCUT2D eigenvalue weighted by Crippen LogP contribution is 2.24. The van der Waals surface area contributed by atoms with Gasteiger partial charge in [-0.05, 0) is 42.7 Å². The van der Waals surface area contributed by atoms with Crippen LogP contribution in [-0.2, 0) is 11.2 Å². The monoisotopic (exact) mass is 384 g/mol. The number of rotatable bonds is 6. The lowest BCUT2D eigenvalue weighted by Gasteiger charge is -2.12. The van der Waals surface area contributed by atoms with E-state index in [4.69, 9.17) is 9.15 Å². The molecule has 0 fully saturated rings. The maximum atomic E-state index is 12.8. The lowest BCUT2D eigenvalue weighted by Crippen LogP contribution is -2.12. The fraction of sp³-hybridized carbons (Fsp3) is 0.125. The molecule has 0 amide bonds. The molecular weight excluding hydrogens is 364 g/mol. The van der Waals surface area contributed by atoms with E-state index in [2.05, 4.69) is 10.2 Å². The molecule has 5 heteroatoms. The Labute approximate surface area is 169 Å². The van der Waals surface area contributed by atoms with E-state index in [1.807, 2.05) is 78.9 Å². The molecule has 0 N–H and O–H groups in total. The lowest BCUT2D eigenvalue weighted by molar-refractivity contribution is 0.0279. The van der Waals surface area contributed by atoms with Gasteiger partial charge in [0.25, 0.3) is 5.89 Å². The van der Waals surface area contributed by atoms with Gasteiger partial charge in [-0.25, -0.2) is 4.79 Å². The summed E-state index contributed by atoms with van der Waals surface area (Å²) in [6, 6.07) is 26.9. The van der Waals surface area contributed by atoms with E-state index in [0.29, 0.717) is 17.9 Å². The standard InChI is InChI=1S/C24H20N2O3/c1-17(22-25-26-23(29-22)19-12-6-3-7-13-19)28-24(27)21-15-9-8-14-20(21)16-18-10-4-2-5-11-18/h2-15,17H,16H2,1H3/t17-/m1/s1. The molecule has 1 heterocycles. The van der Waals surface area contributed by atoms with Gasteiger partial charge in [-0.15, -0.1) is 10.2 Å². The molecule has 0 saturated heterocycles. The summed E-state index contributed by atoms with van der Waals surface area (Å²) in [4.78, 5) is 12.8. The Morgan fingerprint density at radius 1 is 0.897 bits per heavy atom. The number of ether oxygens (including phenoxy) is 1. The van der Waals surface area contributed by atoms with E-state index >= 15 is 0 Å². The largest absolute Gasteiger partial charge is 0.449 e. The van der Waals surface area contributed by atoms with E-state index in [0.717, 1.165) is 16.7 Å². The molecule has 0 saturated carbocycles. The number of nitrogens with zero attached hydrogens (tertiary/aromatic N) is 2. The average Bonchev–Trinajstić information content (AvgIpc) is 3.26. The second kappa shape index (κ2) is 8.52. The van der Waals surface area contributed by atoms with Gasteiger partial charge in [0.2, 0.25) is 5.89 Å². The van der Waals surface area contributed by atoms with E-state index in [-0.39, 0.29) is 5.89 Å². The van der Waals surface area contributed by atoms with Crippen LogP contribution in [0.1, 0.15) is 40.4 Å². The van der Waals surface area contributed by atoms with Crippen LogP contribution in [0.2, 0.25) is 0 Å². The van der Waals surface area contributed by atoms with E-state index < -0.39 is 12.1 Å². The first kappa shape index (κ1) is 18.6. The van der Waals surface area contributed by atoms with Crippen LogP contribution < -0.4 is 0 Å². The predicted octanol–water partition coefficient (Wildman–Crippen LogP) is 5.25. The van der Waals surface area contributed by atoms with E-state index in [9.17, 15) is 4.79 Å². The fourth-order valence-electron chi connectivity index (χ4n) is 3.06. The molecule has 4 aromatic rings. The molecule has 4 rings (SSSR count). The van der Waals surface area contributed by atoms with Crippen molar-refractivity contribution in [1.29, 1.82) is 0 Å². The molecule has 1 aromatic heterocycles. The number of hydrogen-bond acceptors (Lipinski definition) is 5. The Morgan fingerprint density at radius 3 is 2.31 bits per heavy atom. The minimum absolute atomic E-state index is 0.262. The van der Waals surface area contributed by atoms with Crippen molar-refractivity contribution >= 4 is 5.97 Å². The highest BCUT2D eigenvalue weighted by atomic mass is 16.6. The van der Waals surface area contributed by atoms with Crippen LogP contribution in [0.3, 0.4) is 0 Å². The topological polar surface area (TPSA) is 65.2 Å². The van der Waals surface area contributed by atoms with Crippen LogP contribution in [0.25, 0.3) is 11.5 Å². The molecule has 3 aromatic carbocycles. The minimum atomic E-state index is -0.655. The van der Waals surface area contributed by atoms with Crippen molar-refractivity contribution in [3.63, 3.8) is 0 Å². The van der Waals surface area contributed by atoms with Crippen molar-refractivity contribution in [2.45, 2.75) is 19.4 Å². The molecule has 144 valence electrons. The Morgan fingerprint density at radius 2 is 1.55 bits per heavy atom. The van der Waals surface area contributed by atoms with Crippen LogP contribution in [0.4, 0.5) is 0 Å². The number of hydrogen-bond donors (Lipinski definition) is 0. The zero-order valence-corrected chi connectivity index (χ0v) is 16.0. The summed E-state index contributed by atoms with van der Waals surface area (Å²) in [5, 5.41) is 8.09. The van der Waals surface area contributed by atoms with Crippen molar-refractivity contribution in [2.75, 3.05) is 0 Å². The zero-order chi connectivity index (χ0) is 20.1. The molecule has 0 bridgehead atoms. The summed E-state index contributed by atoms with van der Waals surface area (Å²) in [6.45, 7) is 1.72. The van der Waals surface area contributed by atoms with Gasteiger partial charge >= 0.3 is 5.97 Å². The van der Waals surface area contributed by atoms with Crippen molar-refractivity contribution in [3.05, 3.63) is 108 Å². The van der Waals surface area contributed by atoms with Crippen molar-refractivity contribution in [3.8, 4) is 11.5 Å². The normalized spacial score (nSPS) is 11.8. The summed E-state index contributed by atoms with van der Waals surface area (Å²) < 4.78 is 11.3. The minimum Gasteiger partial charge on any atom is -0.449 e. The SMILES string of the molecule is C[C@@H](OC(=O)c1ccccc1Cc1ccccc1)c1nnc(-c2ccccc2)o1. The average molecular weight is 384 g/mol. The van der Waals surface area contributed by atoms with E-state index in [1.165, 1.54) is 0 Å². The molecule has 0 aliphatic carbocycles. The summed E-state index contributed by atoms with van der Waals surface area (Å²) in [5.41, 5.74) is 3.39. The quantitative estimate of drug-likeness (QED) is 0.425. The summed E-state index contributed by atoms with van der Waals surface area (Å²) in [7, 11) is 0. The third-order valence-corrected chi connectivity index (χ3v) is 4.57. The molecule has 29 heavy (non-hydrogen) atoms. The first-order valence-corrected chi connectivity index (χ1v) is 9.42. The van der Waals surface area contributed by atoms with Crippen molar-refractivity contribution in [1.82, 2.24) is 10.2 Å². The maximum Gasteiger partial charge on any atom is 0.339 e. The van der Waals surface area contributed by atoms with Crippen LogP contribution >= 0.6 is 0 Å². The Hall–Kier alpha value is -3.73. The number of carbonyl (C=O) groups excluding carboxylic acids is 1. The van der Waals surface area contributed by atoms with Gasteiger partial charge in [-0.3, -0.25) is 0 Å². The Kier molecular flexibility index (Phi) is 5.47. The third kappa shape index (κ3) is 4.41. The van der Waals surface area contributed by atoms with Gasteiger partial charge in [0.15, 0.2) is 6.10 Å². The Balaban J connectivity index is 1.49. The van der Waals surface area contributed by atoms with Gasteiger partial charge in [0.1, 0.15) is 0 Å². The smallest absolute Gasteiger partial charge is 0.339 e. The van der Waals surface area contributed by atoms with Crippen LogP contribution in [-0.4, -0.2) is 16.2 Å². The summed E-state index contributed by atoms with van der Waals surface area (Å²) in [6.07, 6.45) is -0.00334. The van der Waals surface area contributed by atoms with Crippen LogP contribution in [0, 0.1) is 0 Å². The lowest BCUT2D eigenvalue weighted by atomic mass is 10.00. The van der Waals surface area contributed by atoms with Crippen molar-refractivity contribution < 1.29 is 13.9 Å². The fourth-order valence-corrected chi connectivity index (χ4v) is 3.06. The number of esters is 1. The first-order chi connectivity index (χ1) is 14.2. The maximum absolute atomic E-state index is 12.8. The van der Waals surface area contributed by atoms with Crippen molar-refractivity contribution in [2.24, 2.45) is 0 Å².